The van der Waals surface area contributed by atoms with Crippen molar-refractivity contribution in [1.29, 1.82) is 0 Å². The Morgan fingerprint density at radius 1 is 1.02 bits per heavy atom. The maximum atomic E-state index is 15.1. The van der Waals surface area contributed by atoms with Crippen LogP contribution < -0.4 is 20.3 Å². The third-order valence-corrected chi connectivity index (χ3v) is 6.60. The van der Waals surface area contributed by atoms with Gasteiger partial charge in [0.25, 0.3) is 11.5 Å². The monoisotopic (exact) mass is 554 g/mol. The molecule has 5 aromatic rings. The number of benzene rings is 2. The quantitative estimate of drug-likeness (QED) is 0.251. The number of ether oxygens (including phenoxy) is 2. The Morgan fingerprint density at radius 2 is 1.78 bits per heavy atom. The molecule has 10 heteroatoms. The summed E-state index contributed by atoms with van der Waals surface area (Å²) >= 11 is 0. The third kappa shape index (κ3) is 5.14. The topological polar surface area (TPSA) is 95.3 Å². The molecule has 0 atom stereocenters. The fraction of sp³-hybridized carbons (Fsp3) is 0.0968. The molecule has 0 fully saturated rings. The Labute approximate surface area is 233 Å². The number of nitrogens with zero attached hydrogens (tertiary/aromatic N) is 3. The number of aromatic nitrogens is 3. The zero-order chi connectivity index (χ0) is 29.3. The van der Waals surface area contributed by atoms with Gasteiger partial charge in [-0.3, -0.25) is 19.1 Å². The van der Waals surface area contributed by atoms with Crippen LogP contribution >= 0.6 is 0 Å². The first-order valence-corrected chi connectivity index (χ1v) is 12.4. The highest BCUT2D eigenvalue weighted by molar-refractivity contribution is 6.05. The van der Waals surface area contributed by atoms with Gasteiger partial charge in [-0.15, -0.1) is 0 Å². The van der Waals surface area contributed by atoms with Gasteiger partial charge in [0.05, 0.1) is 18.8 Å². The van der Waals surface area contributed by atoms with Crippen LogP contribution in [0.3, 0.4) is 0 Å². The van der Waals surface area contributed by atoms with Crippen LogP contribution in [0.5, 0.6) is 17.2 Å². The van der Waals surface area contributed by atoms with Crippen LogP contribution in [-0.2, 0) is 0 Å². The number of carbonyl (C=O) groups excluding carboxylic acids is 1. The number of amides is 1. The van der Waals surface area contributed by atoms with E-state index >= 15 is 4.39 Å². The second-order valence-electron chi connectivity index (χ2n) is 9.07. The van der Waals surface area contributed by atoms with E-state index in [1.54, 1.807) is 32.1 Å². The summed E-state index contributed by atoms with van der Waals surface area (Å²) in [5.41, 5.74) is 2.17. The SMILES string of the molecule is C=Cc1c(C)c(C(=O)Nc2ccc(Oc3ccnc4cc(OC)cnc34)c(F)c2)c(=O)n(-c2ccc(F)cc2)c1C. The van der Waals surface area contributed by atoms with Gasteiger partial charge in [-0.05, 0) is 61.4 Å². The van der Waals surface area contributed by atoms with Crippen LogP contribution in [0.4, 0.5) is 14.5 Å². The second-order valence-corrected chi connectivity index (χ2v) is 9.07. The van der Waals surface area contributed by atoms with Crippen LogP contribution in [0, 0.1) is 25.5 Å². The lowest BCUT2D eigenvalue weighted by molar-refractivity contribution is 0.102. The minimum absolute atomic E-state index is 0.104. The van der Waals surface area contributed by atoms with Crippen LogP contribution in [-0.4, -0.2) is 27.6 Å². The van der Waals surface area contributed by atoms with Gasteiger partial charge in [0.2, 0.25) is 0 Å². The number of rotatable bonds is 7. The van der Waals surface area contributed by atoms with E-state index < -0.39 is 23.1 Å². The van der Waals surface area contributed by atoms with Gasteiger partial charge in [0.1, 0.15) is 22.6 Å². The average molecular weight is 555 g/mol. The molecule has 0 bridgehead atoms. The van der Waals surface area contributed by atoms with Crippen molar-refractivity contribution < 1.29 is 23.0 Å². The molecule has 0 unspecified atom stereocenters. The Balaban J connectivity index is 1.46. The van der Waals surface area contributed by atoms with Gasteiger partial charge < -0.3 is 14.8 Å². The number of hydrogen-bond donors (Lipinski definition) is 1. The molecule has 0 aliphatic heterocycles. The smallest absolute Gasteiger partial charge is 0.268 e. The highest BCUT2D eigenvalue weighted by Crippen LogP contribution is 2.31. The molecule has 0 saturated heterocycles. The van der Waals surface area contributed by atoms with Crippen LogP contribution in [0.25, 0.3) is 22.8 Å². The first-order chi connectivity index (χ1) is 19.7. The number of nitrogens with one attached hydrogen (secondary N) is 1. The number of halogens is 2. The van der Waals surface area contributed by atoms with E-state index in [0.717, 1.165) is 6.07 Å². The lowest BCUT2D eigenvalue weighted by atomic mass is 10.0. The Kier molecular flexibility index (Phi) is 7.30. The van der Waals surface area contributed by atoms with E-state index in [2.05, 4.69) is 21.9 Å². The number of carbonyl (C=O) groups is 1. The molecule has 206 valence electrons. The molecular formula is C31H24F2N4O4. The van der Waals surface area contributed by atoms with Crippen molar-refractivity contribution in [3.8, 4) is 22.9 Å². The summed E-state index contributed by atoms with van der Waals surface area (Å²) in [6.07, 6.45) is 4.55. The van der Waals surface area contributed by atoms with E-state index in [4.69, 9.17) is 9.47 Å². The number of hydrogen-bond acceptors (Lipinski definition) is 6. The summed E-state index contributed by atoms with van der Waals surface area (Å²) in [4.78, 5) is 35.4. The zero-order valence-corrected chi connectivity index (χ0v) is 22.4. The first kappa shape index (κ1) is 27.2. The highest BCUT2D eigenvalue weighted by Gasteiger charge is 2.22. The van der Waals surface area contributed by atoms with Gasteiger partial charge in [-0.25, -0.2) is 13.8 Å². The van der Waals surface area contributed by atoms with E-state index in [1.807, 2.05) is 0 Å². The highest BCUT2D eigenvalue weighted by atomic mass is 19.1. The Hall–Kier alpha value is -5.38. The molecule has 0 spiro atoms. The van der Waals surface area contributed by atoms with Crippen LogP contribution in [0.15, 0.2) is 78.4 Å². The minimum atomic E-state index is -0.752. The summed E-state index contributed by atoms with van der Waals surface area (Å²) < 4.78 is 40.9. The molecule has 0 radical (unpaired) electrons. The zero-order valence-electron chi connectivity index (χ0n) is 22.4. The largest absolute Gasteiger partial charge is 0.495 e. The van der Waals surface area contributed by atoms with Crippen LogP contribution in [0.1, 0.15) is 27.2 Å². The molecule has 8 nitrogen and oxygen atoms in total. The maximum Gasteiger partial charge on any atom is 0.268 e. The van der Waals surface area contributed by atoms with Crippen LogP contribution in [0.2, 0.25) is 0 Å². The van der Waals surface area contributed by atoms with Crippen molar-refractivity contribution >= 4 is 28.7 Å². The predicted molar refractivity (Wildman–Crippen MR) is 152 cm³/mol. The lowest BCUT2D eigenvalue weighted by Gasteiger charge is -2.18. The number of anilines is 1. The Bertz CT molecular complexity index is 1890. The van der Waals surface area contributed by atoms with Crippen molar-refractivity contribution in [2.45, 2.75) is 13.8 Å². The van der Waals surface area contributed by atoms with E-state index in [-0.39, 0.29) is 22.7 Å². The molecule has 1 N–H and O–H groups in total. The van der Waals surface area contributed by atoms with Crippen molar-refractivity contribution in [1.82, 2.24) is 14.5 Å². The molecule has 5 rings (SSSR count). The summed E-state index contributed by atoms with van der Waals surface area (Å²) in [7, 11) is 1.51. The predicted octanol–water partition coefficient (Wildman–Crippen LogP) is 6.37. The normalized spacial score (nSPS) is 10.9. The second kappa shape index (κ2) is 11.0. The molecule has 2 aromatic carbocycles. The number of pyridine rings is 3. The van der Waals surface area contributed by atoms with Gasteiger partial charge >= 0.3 is 0 Å². The third-order valence-electron chi connectivity index (χ3n) is 6.60. The molecular weight excluding hydrogens is 530 g/mol. The van der Waals surface area contributed by atoms with Crippen molar-refractivity contribution in [2.75, 3.05) is 12.4 Å². The van der Waals surface area contributed by atoms with Crippen molar-refractivity contribution in [3.05, 3.63) is 118 Å². The van der Waals surface area contributed by atoms with Crippen molar-refractivity contribution in [2.24, 2.45) is 0 Å². The standard InChI is InChI=1S/C31H24F2N4O4/c1-5-23-17(2)28(31(39)37(18(23)3)21-9-6-19(32)7-10-21)30(38)36-20-8-11-26(24(33)14-20)41-27-12-13-34-25-15-22(40-4)16-35-29(25)27/h5-16H,1H2,2-4H3,(H,36,38). The maximum absolute atomic E-state index is 15.1. The summed E-state index contributed by atoms with van der Waals surface area (Å²) in [6, 6.07) is 12.5. The van der Waals surface area contributed by atoms with Crippen molar-refractivity contribution in [3.63, 3.8) is 0 Å². The number of fused-ring (bicyclic) bond motifs is 1. The first-order valence-electron chi connectivity index (χ1n) is 12.4. The molecule has 3 aromatic heterocycles. The van der Waals surface area contributed by atoms with E-state index in [9.17, 15) is 14.0 Å². The van der Waals surface area contributed by atoms with Gasteiger partial charge in [0.15, 0.2) is 17.3 Å². The molecule has 0 saturated carbocycles. The van der Waals surface area contributed by atoms with Gasteiger partial charge in [0, 0.05) is 41.5 Å². The molecule has 0 aliphatic carbocycles. The number of methoxy groups -OCH3 is 1. The summed E-state index contributed by atoms with van der Waals surface area (Å²) in [5.74, 6) is -1.26. The molecule has 0 aliphatic rings. The average Bonchev–Trinajstić information content (AvgIpc) is 2.95. The van der Waals surface area contributed by atoms with Gasteiger partial charge in [-0.2, -0.15) is 0 Å². The fourth-order valence-electron chi connectivity index (χ4n) is 4.57. The van der Waals surface area contributed by atoms with Gasteiger partial charge in [-0.1, -0.05) is 12.7 Å². The molecule has 41 heavy (non-hydrogen) atoms. The Morgan fingerprint density at radius 3 is 2.46 bits per heavy atom. The fourth-order valence-corrected chi connectivity index (χ4v) is 4.57. The molecule has 1 amide bonds. The summed E-state index contributed by atoms with van der Waals surface area (Å²) in [6.45, 7) is 7.16. The minimum Gasteiger partial charge on any atom is -0.495 e. The lowest BCUT2D eigenvalue weighted by Crippen LogP contribution is -2.32. The van der Waals surface area contributed by atoms with E-state index in [0.29, 0.717) is 39.3 Å². The molecule has 3 heterocycles. The summed E-state index contributed by atoms with van der Waals surface area (Å²) in [5, 5.41) is 2.59. The van der Waals surface area contributed by atoms with E-state index in [1.165, 1.54) is 60.5 Å².